The van der Waals surface area contributed by atoms with Crippen LogP contribution in [0.25, 0.3) is 11.5 Å². The number of aryl methyl sites for hydroxylation is 2. The van der Waals surface area contributed by atoms with Crippen LogP contribution in [-0.2, 0) is 4.74 Å². The number of pyridine rings is 1. The van der Waals surface area contributed by atoms with Gasteiger partial charge in [-0.25, -0.2) is 9.78 Å². The van der Waals surface area contributed by atoms with E-state index in [1.807, 2.05) is 13.8 Å². The van der Waals surface area contributed by atoms with Crippen LogP contribution in [-0.4, -0.2) is 22.3 Å². The van der Waals surface area contributed by atoms with Crippen molar-refractivity contribution in [2.75, 3.05) is 11.1 Å². The number of anilines is 2. The van der Waals surface area contributed by atoms with E-state index in [0.717, 1.165) is 12.8 Å². The smallest absolute Gasteiger partial charge is 0.412 e. The fraction of sp³-hybridized carbons (Fsp3) is 0.438. The lowest BCUT2D eigenvalue weighted by Crippen LogP contribution is -2.20. The standard InChI is InChI=1S/C16H22N4O3/c1-5-6-9(2)22-16(21)19-14-11(4)20-23-15(14)13-8-7-12(17)10(3)18-13/h7-9H,5-6,17H2,1-4H3,(H,19,21)/t9-/m1/s1. The Hall–Kier alpha value is -2.57. The minimum absolute atomic E-state index is 0.152. The van der Waals surface area contributed by atoms with Gasteiger partial charge in [0.25, 0.3) is 0 Å². The van der Waals surface area contributed by atoms with Gasteiger partial charge in [-0.15, -0.1) is 0 Å². The highest BCUT2D eigenvalue weighted by atomic mass is 16.6. The quantitative estimate of drug-likeness (QED) is 0.871. The molecule has 2 aromatic heterocycles. The molecule has 0 aliphatic heterocycles. The third-order valence-electron chi connectivity index (χ3n) is 3.45. The van der Waals surface area contributed by atoms with Crippen LogP contribution in [0.2, 0.25) is 0 Å². The zero-order chi connectivity index (χ0) is 17.0. The van der Waals surface area contributed by atoms with Crippen LogP contribution in [0.15, 0.2) is 16.7 Å². The highest BCUT2D eigenvalue weighted by Crippen LogP contribution is 2.30. The number of rotatable bonds is 5. The van der Waals surface area contributed by atoms with Gasteiger partial charge in [0.2, 0.25) is 5.76 Å². The SMILES string of the molecule is CCC[C@@H](C)OC(=O)Nc1c(C)noc1-c1ccc(N)c(C)n1. The lowest BCUT2D eigenvalue weighted by Gasteiger charge is -2.13. The summed E-state index contributed by atoms with van der Waals surface area (Å²) in [6, 6.07) is 3.46. The molecular weight excluding hydrogens is 296 g/mol. The van der Waals surface area contributed by atoms with E-state index in [9.17, 15) is 4.79 Å². The minimum atomic E-state index is -0.536. The van der Waals surface area contributed by atoms with Gasteiger partial charge in [0.05, 0.1) is 11.4 Å². The number of nitrogens with zero attached hydrogens (tertiary/aromatic N) is 2. The van der Waals surface area contributed by atoms with E-state index in [1.54, 1.807) is 26.0 Å². The molecule has 0 unspecified atom stereocenters. The number of hydrogen-bond acceptors (Lipinski definition) is 6. The Kier molecular flexibility index (Phi) is 5.20. The topological polar surface area (TPSA) is 103 Å². The Labute approximate surface area is 135 Å². The first kappa shape index (κ1) is 16.8. The number of nitrogens with one attached hydrogen (secondary N) is 1. The number of carbonyl (C=O) groups is 1. The first-order chi connectivity index (χ1) is 10.9. The Morgan fingerprint density at radius 3 is 2.78 bits per heavy atom. The summed E-state index contributed by atoms with van der Waals surface area (Å²) >= 11 is 0. The van der Waals surface area contributed by atoms with Crippen molar-refractivity contribution in [2.45, 2.75) is 46.6 Å². The number of nitrogen functional groups attached to an aromatic ring is 1. The number of amides is 1. The fourth-order valence-corrected chi connectivity index (χ4v) is 2.17. The molecule has 0 saturated carbocycles. The molecule has 0 saturated heterocycles. The second-order valence-corrected chi connectivity index (χ2v) is 5.47. The third kappa shape index (κ3) is 4.00. The summed E-state index contributed by atoms with van der Waals surface area (Å²) in [6.45, 7) is 7.43. The average molecular weight is 318 g/mol. The molecule has 0 radical (unpaired) electrons. The van der Waals surface area contributed by atoms with Gasteiger partial charge in [-0.1, -0.05) is 18.5 Å². The summed E-state index contributed by atoms with van der Waals surface area (Å²) in [5.74, 6) is 0.380. The molecule has 2 aromatic rings. The second kappa shape index (κ2) is 7.13. The normalized spacial score (nSPS) is 12.0. The van der Waals surface area contributed by atoms with E-state index >= 15 is 0 Å². The molecule has 124 valence electrons. The molecule has 2 heterocycles. The Bertz CT molecular complexity index is 697. The van der Waals surface area contributed by atoms with E-state index in [0.29, 0.717) is 34.2 Å². The van der Waals surface area contributed by atoms with Crippen molar-refractivity contribution in [1.29, 1.82) is 0 Å². The Morgan fingerprint density at radius 2 is 2.13 bits per heavy atom. The molecule has 3 N–H and O–H groups in total. The van der Waals surface area contributed by atoms with Crippen molar-refractivity contribution < 1.29 is 14.1 Å². The first-order valence-corrected chi connectivity index (χ1v) is 7.59. The van der Waals surface area contributed by atoms with Crippen LogP contribution in [0, 0.1) is 13.8 Å². The van der Waals surface area contributed by atoms with Crippen molar-refractivity contribution in [3.8, 4) is 11.5 Å². The maximum atomic E-state index is 12.0. The zero-order valence-corrected chi connectivity index (χ0v) is 13.8. The maximum Gasteiger partial charge on any atom is 0.412 e. The Morgan fingerprint density at radius 1 is 1.39 bits per heavy atom. The molecule has 0 aromatic carbocycles. The van der Waals surface area contributed by atoms with Crippen LogP contribution in [0.1, 0.15) is 38.1 Å². The Balaban J connectivity index is 2.21. The van der Waals surface area contributed by atoms with Gasteiger partial charge in [0, 0.05) is 0 Å². The monoisotopic (exact) mass is 318 g/mol. The molecule has 0 aliphatic rings. The van der Waals surface area contributed by atoms with Gasteiger partial charge in [-0.05, 0) is 39.3 Å². The maximum absolute atomic E-state index is 12.0. The number of nitrogens with two attached hydrogens (primary N) is 1. The number of ether oxygens (including phenoxy) is 1. The molecule has 1 atom stereocenters. The number of hydrogen-bond donors (Lipinski definition) is 2. The molecule has 0 bridgehead atoms. The summed E-state index contributed by atoms with van der Waals surface area (Å²) < 4.78 is 10.6. The first-order valence-electron chi connectivity index (χ1n) is 7.59. The van der Waals surface area contributed by atoms with Gasteiger partial charge >= 0.3 is 6.09 Å². The predicted molar refractivity (Wildman–Crippen MR) is 88.1 cm³/mol. The zero-order valence-electron chi connectivity index (χ0n) is 13.8. The molecule has 1 amide bonds. The fourth-order valence-electron chi connectivity index (χ4n) is 2.17. The molecule has 0 fully saturated rings. The minimum Gasteiger partial charge on any atom is -0.446 e. The van der Waals surface area contributed by atoms with Crippen LogP contribution in [0.4, 0.5) is 16.2 Å². The van der Waals surface area contributed by atoms with Gasteiger partial charge in [0.1, 0.15) is 23.2 Å². The van der Waals surface area contributed by atoms with Gasteiger partial charge in [-0.3, -0.25) is 5.32 Å². The number of aromatic nitrogens is 2. The summed E-state index contributed by atoms with van der Waals surface area (Å²) in [7, 11) is 0. The van der Waals surface area contributed by atoms with Crippen LogP contribution in [0.5, 0.6) is 0 Å². The largest absolute Gasteiger partial charge is 0.446 e. The van der Waals surface area contributed by atoms with Crippen molar-refractivity contribution >= 4 is 17.5 Å². The van der Waals surface area contributed by atoms with Crippen molar-refractivity contribution in [3.63, 3.8) is 0 Å². The van der Waals surface area contributed by atoms with Crippen LogP contribution >= 0.6 is 0 Å². The van der Waals surface area contributed by atoms with E-state index in [2.05, 4.69) is 15.5 Å². The van der Waals surface area contributed by atoms with Gasteiger partial charge in [-0.2, -0.15) is 0 Å². The molecule has 0 spiro atoms. The molecule has 2 rings (SSSR count). The summed E-state index contributed by atoms with van der Waals surface area (Å²) in [6.07, 6.45) is 1.06. The summed E-state index contributed by atoms with van der Waals surface area (Å²) in [4.78, 5) is 16.4. The van der Waals surface area contributed by atoms with E-state index in [-0.39, 0.29) is 6.10 Å². The van der Waals surface area contributed by atoms with Crippen molar-refractivity contribution in [2.24, 2.45) is 0 Å². The average Bonchev–Trinajstić information content (AvgIpc) is 2.83. The van der Waals surface area contributed by atoms with E-state index in [1.165, 1.54) is 0 Å². The second-order valence-electron chi connectivity index (χ2n) is 5.47. The number of carbonyl (C=O) groups excluding carboxylic acids is 1. The van der Waals surface area contributed by atoms with Gasteiger partial charge in [0.15, 0.2) is 0 Å². The molecule has 7 nitrogen and oxygen atoms in total. The summed E-state index contributed by atoms with van der Waals surface area (Å²) in [5.41, 5.74) is 8.60. The molecular formula is C16H22N4O3. The highest BCUT2D eigenvalue weighted by Gasteiger charge is 2.20. The van der Waals surface area contributed by atoms with Crippen molar-refractivity contribution in [3.05, 3.63) is 23.5 Å². The van der Waals surface area contributed by atoms with Crippen LogP contribution < -0.4 is 11.1 Å². The van der Waals surface area contributed by atoms with Gasteiger partial charge < -0.3 is 15.0 Å². The lowest BCUT2D eigenvalue weighted by molar-refractivity contribution is 0.115. The van der Waals surface area contributed by atoms with Crippen LogP contribution in [0.3, 0.4) is 0 Å². The predicted octanol–water partition coefficient (Wildman–Crippen LogP) is 3.67. The third-order valence-corrected chi connectivity index (χ3v) is 3.45. The molecule has 0 aliphatic carbocycles. The highest BCUT2D eigenvalue weighted by molar-refractivity contribution is 5.90. The summed E-state index contributed by atoms with van der Waals surface area (Å²) in [5, 5.41) is 6.59. The lowest BCUT2D eigenvalue weighted by atomic mass is 10.2. The molecule has 7 heteroatoms. The molecule has 23 heavy (non-hydrogen) atoms. The van der Waals surface area contributed by atoms with Crippen molar-refractivity contribution in [1.82, 2.24) is 10.1 Å². The van der Waals surface area contributed by atoms with E-state index < -0.39 is 6.09 Å². The van der Waals surface area contributed by atoms with E-state index in [4.69, 9.17) is 15.0 Å².